The summed E-state index contributed by atoms with van der Waals surface area (Å²) in [7, 11) is 0. The number of halogens is 7. The Morgan fingerprint density at radius 3 is 2.16 bits per heavy atom. The molecule has 0 fully saturated rings. The molecule has 0 amide bonds. The van der Waals surface area contributed by atoms with Crippen LogP contribution in [0.2, 0.25) is 0 Å². The van der Waals surface area contributed by atoms with Gasteiger partial charge in [-0.15, -0.1) is 13.2 Å². The minimum Gasteiger partial charge on any atom is -0.390 e. The Morgan fingerprint density at radius 1 is 1.21 bits per heavy atom. The Morgan fingerprint density at radius 2 is 1.79 bits per heavy atom. The van der Waals surface area contributed by atoms with Gasteiger partial charge in [0.15, 0.2) is 0 Å². The molecular formula is C9H6BrF6NO2. The maximum Gasteiger partial charge on any atom is 0.574 e. The Labute approximate surface area is 111 Å². The van der Waals surface area contributed by atoms with Crippen molar-refractivity contribution in [2.24, 2.45) is 0 Å². The van der Waals surface area contributed by atoms with Gasteiger partial charge in [-0.05, 0) is 5.56 Å². The second-order valence-electron chi connectivity index (χ2n) is 3.28. The van der Waals surface area contributed by atoms with Gasteiger partial charge in [0.2, 0.25) is 5.88 Å². The molecule has 0 saturated heterocycles. The van der Waals surface area contributed by atoms with Crippen molar-refractivity contribution in [1.29, 1.82) is 0 Å². The zero-order chi connectivity index (χ0) is 14.8. The molecule has 0 spiro atoms. The topological polar surface area (TPSA) is 42.4 Å². The number of rotatable bonds is 3. The Bertz CT molecular complexity index is 434. The number of aromatic nitrogens is 1. The van der Waals surface area contributed by atoms with Crippen molar-refractivity contribution in [3.8, 4) is 5.88 Å². The highest BCUT2D eigenvalue weighted by atomic mass is 79.9. The highest BCUT2D eigenvalue weighted by Gasteiger charge is 2.38. The number of hydrogen-bond acceptors (Lipinski definition) is 3. The predicted octanol–water partition coefficient (Wildman–Crippen LogP) is 3.39. The van der Waals surface area contributed by atoms with E-state index in [1.807, 2.05) is 0 Å². The first-order valence-electron chi connectivity index (χ1n) is 4.61. The van der Waals surface area contributed by atoms with Crippen LogP contribution in [0.25, 0.3) is 0 Å². The van der Waals surface area contributed by atoms with Crippen molar-refractivity contribution in [3.63, 3.8) is 0 Å². The quantitative estimate of drug-likeness (QED) is 0.669. The molecule has 0 bridgehead atoms. The van der Waals surface area contributed by atoms with Crippen molar-refractivity contribution < 1.29 is 36.2 Å². The molecule has 0 aliphatic heterocycles. The molecule has 0 aliphatic carbocycles. The monoisotopic (exact) mass is 353 g/mol. The van der Waals surface area contributed by atoms with Crippen LogP contribution < -0.4 is 4.74 Å². The molecular weight excluding hydrogens is 348 g/mol. The summed E-state index contributed by atoms with van der Waals surface area (Å²) in [5.74, 6) is -1.06. The normalized spacial score (nSPS) is 12.6. The molecule has 0 saturated carbocycles. The van der Waals surface area contributed by atoms with E-state index in [9.17, 15) is 26.3 Å². The Balaban J connectivity index is 3.37. The van der Waals surface area contributed by atoms with Gasteiger partial charge in [0.1, 0.15) is 0 Å². The summed E-state index contributed by atoms with van der Waals surface area (Å²) in [6.07, 6.45) is -9.92. The zero-order valence-electron chi connectivity index (χ0n) is 8.94. The van der Waals surface area contributed by atoms with Crippen molar-refractivity contribution in [1.82, 2.24) is 4.98 Å². The highest BCUT2D eigenvalue weighted by molar-refractivity contribution is 9.08. The molecule has 10 heteroatoms. The molecule has 1 aromatic heterocycles. The van der Waals surface area contributed by atoms with E-state index in [-0.39, 0.29) is 5.33 Å². The van der Waals surface area contributed by atoms with E-state index in [4.69, 9.17) is 5.11 Å². The molecule has 0 aromatic carbocycles. The summed E-state index contributed by atoms with van der Waals surface area (Å²) in [6, 6.07) is 0.518. The fourth-order valence-electron chi connectivity index (χ4n) is 1.36. The van der Waals surface area contributed by atoms with Gasteiger partial charge >= 0.3 is 12.5 Å². The summed E-state index contributed by atoms with van der Waals surface area (Å²) in [5.41, 5.74) is -2.71. The third kappa shape index (κ3) is 4.23. The highest BCUT2D eigenvalue weighted by Crippen LogP contribution is 2.37. The van der Waals surface area contributed by atoms with Crippen LogP contribution in [0.4, 0.5) is 26.3 Å². The molecule has 0 radical (unpaired) electrons. The first kappa shape index (κ1) is 16.0. The van der Waals surface area contributed by atoms with E-state index in [2.05, 4.69) is 25.7 Å². The molecule has 3 nitrogen and oxygen atoms in total. The Kier molecular flexibility index (Phi) is 4.67. The predicted molar refractivity (Wildman–Crippen MR) is 54.5 cm³/mol. The lowest BCUT2D eigenvalue weighted by Crippen LogP contribution is -2.20. The van der Waals surface area contributed by atoms with Gasteiger partial charge in [-0.1, -0.05) is 15.9 Å². The van der Waals surface area contributed by atoms with Gasteiger partial charge in [0, 0.05) is 11.4 Å². The third-order valence-corrected chi connectivity index (χ3v) is 2.55. The van der Waals surface area contributed by atoms with Crippen LogP contribution in [-0.4, -0.2) is 16.5 Å². The number of nitrogens with zero attached hydrogens (tertiary/aromatic N) is 1. The molecule has 0 atom stereocenters. The molecule has 1 N–H and O–H groups in total. The smallest absolute Gasteiger partial charge is 0.390 e. The SMILES string of the molecule is OCc1nc(OC(F)(F)F)cc(CBr)c1C(F)(F)F. The maximum absolute atomic E-state index is 12.7. The molecule has 0 aliphatic rings. The molecule has 1 heterocycles. The van der Waals surface area contributed by atoms with Crippen LogP contribution >= 0.6 is 15.9 Å². The second-order valence-corrected chi connectivity index (χ2v) is 3.84. The lowest BCUT2D eigenvalue weighted by molar-refractivity contribution is -0.276. The summed E-state index contributed by atoms with van der Waals surface area (Å²) in [6.45, 7) is -1.16. The van der Waals surface area contributed by atoms with Crippen LogP contribution in [0.15, 0.2) is 6.07 Å². The van der Waals surface area contributed by atoms with E-state index in [0.29, 0.717) is 6.07 Å². The molecule has 1 rings (SSSR count). The Hall–Kier alpha value is -1.03. The van der Waals surface area contributed by atoms with E-state index >= 15 is 0 Å². The summed E-state index contributed by atoms with van der Waals surface area (Å²) < 4.78 is 77.6. The zero-order valence-corrected chi connectivity index (χ0v) is 10.5. The number of pyridine rings is 1. The largest absolute Gasteiger partial charge is 0.574 e. The van der Waals surface area contributed by atoms with Crippen molar-refractivity contribution in [2.75, 3.05) is 0 Å². The summed E-state index contributed by atoms with van der Waals surface area (Å²) in [5, 5.41) is 8.44. The summed E-state index contributed by atoms with van der Waals surface area (Å²) >= 11 is 2.73. The van der Waals surface area contributed by atoms with Gasteiger partial charge in [0.05, 0.1) is 17.9 Å². The van der Waals surface area contributed by atoms with E-state index in [0.717, 1.165) is 0 Å². The van der Waals surface area contributed by atoms with Crippen molar-refractivity contribution >= 4 is 15.9 Å². The van der Waals surface area contributed by atoms with Crippen molar-refractivity contribution in [2.45, 2.75) is 24.5 Å². The van der Waals surface area contributed by atoms with E-state index in [1.54, 1.807) is 0 Å². The number of aliphatic hydroxyl groups excluding tert-OH is 1. The summed E-state index contributed by atoms with van der Waals surface area (Å²) in [4.78, 5) is 3.02. The third-order valence-electron chi connectivity index (χ3n) is 1.95. The second kappa shape index (κ2) is 5.53. The van der Waals surface area contributed by atoms with Crippen LogP contribution in [-0.2, 0) is 18.1 Å². The lowest BCUT2D eigenvalue weighted by atomic mass is 10.1. The number of aliphatic hydroxyl groups is 1. The minimum atomic E-state index is -5.08. The van der Waals surface area contributed by atoms with Gasteiger partial charge in [-0.2, -0.15) is 13.2 Å². The number of ether oxygens (including phenoxy) is 1. The molecule has 108 valence electrons. The minimum absolute atomic E-state index is 0.369. The maximum atomic E-state index is 12.7. The standard InChI is InChI=1S/C9H6BrF6NO2/c10-2-4-1-6(19-9(14,15)16)17-5(3-18)7(4)8(11,12)13/h1,18H,2-3H2. The van der Waals surface area contributed by atoms with Gasteiger partial charge in [-0.3, -0.25) is 0 Å². The fraction of sp³-hybridized carbons (Fsp3) is 0.444. The van der Waals surface area contributed by atoms with Gasteiger partial charge < -0.3 is 9.84 Å². The average Bonchev–Trinajstić information content (AvgIpc) is 2.23. The van der Waals surface area contributed by atoms with Gasteiger partial charge in [-0.25, -0.2) is 4.98 Å². The molecule has 1 aromatic rings. The first-order chi connectivity index (χ1) is 8.58. The average molecular weight is 354 g/mol. The first-order valence-corrected chi connectivity index (χ1v) is 5.73. The molecule has 0 unspecified atom stereocenters. The molecule has 19 heavy (non-hydrogen) atoms. The van der Waals surface area contributed by atoms with Crippen LogP contribution in [0.3, 0.4) is 0 Å². The van der Waals surface area contributed by atoms with Crippen LogP contribution in [0, 0.1) is 0 Å². The van der Waals surface area contributed by atoms with Gasteiger partial charge in [0.25, 0.3) is 0 Å². The van der Waals surface area contributed by atoms with Crippen LogP contribution in [0.1, 0.15) is 16.8 Å². The fourth-order valence-corrected chi connectivity index (χ4v) is 1.81. The number of alkyl halides is 7. The number of hydrogen-bond donors (Lipinski definition) is 1. The van der Waals surface area contributed by atoms with Crippen molar-refractivity contribution in [3.05, 3.63) is 22.9 Å². The van der Waals surface area contributed by atoms with E-state index < -0.39 is 41.8 Å². The van der Waals surface area contributed by atoms with E-state index in [1.165, 1.54) is 0 Å². The lowest BCUT2D eigenvalue weighted by Gasteiger charge is -2.17. The van der Waals surface area contributed by atoms with Crippen LogP contribution in [0.5, 0.6) is 5.88 Å².